The van der Waals surface area contributed by atoms with E-state index in [1.807, 2.05) is 0 Å². The number of fused-ring (bicyclic) bond motifs is 1. The van der Waals surface area contributed by atoms with Crippen LogP contribution in [0.3, 0.4) is 0 Å². The summed E-state index contributed by atoms with van der Waals surface area (Å²) < 4.78 is 30.9. The summed E-state index contributed by atoms with van der Waals surface area (Å²) in [6.07, 6.45) is 1.17. The van der Waals surface area contributed by atoms with Crippen LogP contribution in [0, 0.1) is 11.6 Å². The van der Waals surface area contributed by atoms with Gasteiger partial charge >= 0.3 is 5.97 Å². The molecule has 0 saturated carbocycles. The maximum Gasteiger partial charge on any atom is 0.308 e. The van der Waals surface area contributed by atoms with Crippen LogP contribution in [0.15, 0.2) is 24.4 Å². The van der Waals surface area contributed by atoms with Crippen molar-refractivity contribution in [1.82, 2.24) is 4.98 Å². The minimum Gasteiger partial charge on any atom is -0.425 e. The van der Waals surface area contributed by atoms with E-state index in [2.05, 4.69) is 4.98 Å². The Morgan fingerprint density at radius 3 is 2.81 bits per heavy atom. The van der Waals surface area contributed by atoms with Crippen molar-refractivity contribution < 1.29 is 18.3 Å². The van der Waals surface area contributed by atoms with Crippen molar-refractivity contribution in [2.45, 2.75) is 6.92 Å². The van der Waals surface area contributed by atoms with Crippen molar-refractivity contribution in [2.24, 2.45) is 0 Å². The first kappa shape index (κ1) is 10.5. The summed E-state index contributed by atoms with van der Waals surface area (Å²) in [5.74, 6) is -2.26. The molecule has 0 aliphatic carbocycles. The van der Waals surface area contributed by atoms with Gasteiger partial charge in [-0.1, -0.05) is 0 Å². The lowest BCUT2D eigenvalue weighted by Crippen LogP contribution is -2.02. The van der Waals surface area contributed by atoms with Gasteiger partial charge in [0.25, 0.3) is 0 Å². The van der Waals surface area contributed by atoms with E-state index < -0.39 is 17.6 Å². The van der Waals surface area contributed by atoms with Crippen LogP contribution in [0.25, 0.3) is 10.9 Å². The Balaban J connectivity index is 2.56. The third-order valence-corrected chi connectivity index (χ3v) is 1.98. The summed E-state index contributed by atoms with van der Waals surface area (Å²) in [6, 6.07) is 3.79. The molecule has 0 fully saturated rings. The van der Waals surface area contributed by atoms with E-state index in [1.54, 1.807) is 0 Å². The monoisotopic (exact) mass is 223 g/mol. The number of carbonyl (C=O) groups excluding carboxylic acids is 1. The van der Waals surface area contributed by atoms with Crippen LogP contribution >= 0.6 is 0 Å². The largest absolute Gasteiger partial charge is 0.425 e. The SMILES string of the molecule is CC(=O)Oc1cnc2c(F)c(F)ccc2c1. The van der Waals surface area contributed by atoms with Gasteiger partial charge in [0.15, 0.2) is 11.6 Å². The average Bonchev–Trinajstić information content (AvgIpc) is 2.23. The van der Waals surface area contributed by atoms with E-state index in [-0.39, 0.29) is 11.3 Å². The predicted octanol–water partition coefficient (Wildman–Crippen LogP) is 2.44. The molecule has 2 rings (SSSR count). The number of hydrogen-bond donors (Lipinski definition) is 0. The number of aromatic nitrogens is 1. The Kier molecular flexibility index (Phi) is 2.52. The number of esters is 1. The third-order valence-electron chi connectivity index (χ3n) is 1.98. The second-order valence-electron chi connectivity index (χ2n) is 3.20. The van der Waals surface area contributed by atoms with Gasteiger partial charge in [0.05, 0.1) is 6.20 Å². The maximum atomic E-state index is 13.2. The molecular formula is C11H7F2NO2. The number of hydrogen-bond acceptors (Lipinski definition) is 3. The molecule has 82 valence electrons. The second kappa shape index (κ2) is 3.84. The number of pyridine rings is 1. The van der Waals surface area contributed by atoms with Gasteiger partial charge in [-0.05, 0) is 18.2 Å². The van der Waals surface area contributed by atoms with Gasteiger partial charge < -0.3 is 4.74 Å². The normalized spacial score (nSPS) is 10.4. The number of halogens is 2. The van der Waals surface area contributed by atoms with Crippen molar-refractivity contribution in [2.75, 3.05) is 0 Å². The molecule has 0 atom stereocenters. The van der Waals surface area contributed by atoms with Crippen LogP contribution in [-0.4, -0.2) is 11.0 Å². The van der Waals surface area contributed by atoms with Gasteiger partial charge in [0.2, 0.25) is 0 Å². The van der Waals surface area contributed by atoms with Crippen molar-refractivity contribution in [1.29, 1.82) is 0 Å². The minimum atomic E-state index is -1.01. The van der Waals surface area contributed by atoms with Crippen molar-refractivity contribution in [3.63, 3.8) is 0 Å². The molecule has 5 heteroatoms. The molecule has 1 aromatic carbocycles. The number of carbonyl (C=O) groups is 1. The van der Waals surface area contributed by atoms with Crippen molar-refractivity contribution in [3.05, 3.63) is 36.0 Å². The standard InChI is InChI=1S/C11H7F2NO2/c1-6(15)16-8-4-7-2-3-9(12)10(13)11(7)14-5-8/h2-5H,1H3. The molecule has 0 amide bonds. The van der Waals surface area contributed by atoms with E-state index in [1.165, 1.54) is 25.3 Å². The summed E-state index contributed by atoms with van der Waals surface area (Å²) in [6.45, 7) is 1.25. The fraction of sp³-hybridized carbons (Fsp3) is 0.0909. The highest BCUT2D eigenvalue weighted by Gasteiger charge is 2.09. The Hall–Kier alpha value is -2.04. The van der Waals surface area contributed by atoms with Crippen LogP contribution in [0.4, 0.5) is 8.78 Å². The summed E-state index contributed by atoms with van der Waals surface area (Å²) in [5.41, 5.74) is -0.0871. The summed E-state index contributed by atoms with van der Waals surface area (Å²) in [5, 5.41) is 0.373. The molecule has 1 heterocycles. The molecule has 16 heavy (non-hydrogen) atoms. The maximum absolute atomic E-state index is 13.2. The summed E-state index contributed by atoms with van der Waals surface area (Å²) >= 11 is 0. The molecule has 0 spiro atoms. The lowest BCUT2D eigenvalue weighted by molar-refractivity contribution is -0.131. The first-order chi connectivity index (χ1) is 7.58. The van der Waals surface area contributed by atoms with E-state index in [4.69, 9.17) is 4.74 Å². The molecule has 0 aliphatic rings. The van der Waals surface area contributed by atoms with Crippen molar-refractivity contribution in [3.8, 4) is 5.75 Å². The van der Waals surface area contributed by atoms with Crippen LogP contribution in [-0.2, 0) is 4.79 Å². The van der Waals surface area contributed by atoms with Gasteiger partial charge in [-0.3, -0.25) is 4.79 Å². The molecular weight excluding hydrogens is 216 g/mol. The molecule has 2 aromatic rings. The Labute approximate surface area is 89.7 Å². The number of benzene rings is 1. The molecule has 0 bridgehead atoms. The van der Waals surface area contributed by atoms with Gasteiger partial charge in [-0.15, -0.1) is 0 Å². The fourth-order valence-electron chi connectivity index (χ4n) is 1.34. The summed E-state index contributed by atoms with van der Waals surface area (Å²) in [4.78, 5) is 14.4. The lowest BCUT2D eigenvalue weighted by Gasteiger charge is -2.03. The van der Waals surface area contributed by atoms with Gasteiger partial charge in [-0.2, -0.15) is 0 Å². The Morgan fingerprint density at radius 1 is 1.38 bits per heavy atom. The van der Waals surface area contributed by atoms with Gasteiger partial charge in [0, 0.05) is 12.3 Å². The highest BCUT2D eigenvalue weighted by Crippen LogP contribution is 2.22. The van der Waals surface area contributed by atoms with Crippen LogP contribution in [0.2, 0.25) is 0 Å². The van der Waals surface area contributed by atoms with Crippen LogP contribution in [0.5, 0.6) is 5.75 Å². The topological polar surface area (TPSA) is 39.2 Å². The fourth-order valence-corrected chi connectivity index (χ4v) is 1.34. The average molecular weight is 223 g/mol. The highest BCUT2D eigenvalue weighted by molar-refractivity contribution is 5.81. The Morgan fingerprint density at radius 2 is 2.12 bits per heavy atom. The third kappa shape index (κ3) is 1.84. The summed E-state index contributed by atoms with van der Waals surface area (Å²) in [7, 11) is 0. The molecule has 0 unspecified atom stereocenters. The number of rotatable bonds is 1. The van der Waals surface area contributed by atoms with E-state index in [0.717, 1.165) is 6.07 Å². The first-order valence-electron chi connectivity index (χ1n) is 4.50. The lowest BCUT2D eigenvalue weighted by atomic mass is 10.2. The zero-order valence-electron chi connectivity index (χ0n) is 8.33. The molecule has 0 N–H and O–H groups in total. The zero-order chi connectivity index (χ0) is 11.7. The molecule has 0 saturated heterocycles. The van der Waals surface area contributed by atoms with Crippen LogP contribution < -0.4 is 4.74 Å². The van der Waals surface area contributed by atoms with E-state index in [9.17, 15) is 13.6 Å². The molecule has 0 aliphatic heterocycles. The van der Waals surface area contributed by atoms with E-state index in [0.29, 0.717) is 5.39 Å². The van der Waals surface area contributed by atoms with Crippen LogP contribution in [0.1, 0.15) is 6.92 Å². The second-order valence-corrected chi connectivity index (χ2v) is 3.20. The van der Waals surface area contributed by atoms with Gasteiger partial charge in [-0.25, -0.2) is 13.8 Å². The molecule has 3 nitrogen and oxygen atoms in total. The molecule has 0 radical (unpaired) electrons. The molecule has 1 aromatic heterocycles. The minimum absolute atomic E-state index is 0.0871. The number of nitrogens with zero attached hydrogens (tertiary/aromatic N) is 1. The predicted molar refractivity (Wildman–Crippen MR) is 53.0 cm³/mol. The van der Waals surface area contributed by atoms with Gasteiger partial charge in [0.1, 0.15) is 11.3 Å². The highest BCUT2D eigenvalue weighted by atomic mass is 19.2. The first-order valence-corrected chi connectivity index (χ1v) is 4.50. The quantitative estimate of drug-likeness (QED) is 0.697. The number of ether oxygens (including phenoxy) is 1. The van der Waals surface area contributed by atoms with Crippen molar-refractivity contribution >= 4 is 16.9 Å². The smallest absolute Gasteiger partial charge is 0.308 e. The Bertz CT molecular complexity index is 569. The zero-order valence-corrected chi connectivity index (χ0v) is 8.33. The van der Waals surface area contributed by atoms with E-state index >= 15 is 0 Å².